The average Bonchev–Trinajstić information content (AvgIpc) is 2.33. The second-order valence-corrected chi connectivity index (χ2v) is 6.12. The Morgan fingerprint density at radius 2 is 2.11 bits per heavy atom. The van der Waals surface area contributed by atoms with E-state index in [2.05, 4.69) is 38.2 Å². The lowest BCUT2D eigenvalue weighted by atomic mass is 9.69. The van der Waals surface area contributed by atoms with Gasteiger partial charge >= 0.3 is 0 Å². The number of benzene rings is 1. The number of nitrogens with two attached hydrogens (primary N) is 1. The molecule has 1 aliphatic rings. The summed E-state index contributed by atoms with van der Waals surface area (Å²) in [6.45, 7) is 6.37. The van der Waals surface area contributed by atoms with E-state index in [0.717, 1.165) is 18.5 Å². The highest BCUT2D eigenvalue weighted by atomic mass is 16.1. The Morgan fingerprint density at radius 1 is 1.37 bits per heavy atom. The fraction of sp³-hybridized carbons (Fsp3) is 0.562. The molecule has 1 saturated carbocycles. The van der Waals surface area contributed by atoms with Crippen molar-refractivity contribution in [3.8, 4) is 0 Å². The van der Waals surface area contributed by atoms with Gasteiger partial charge in [-0.2, -0.15) is 0 Å². The number of nitrogens with one attached hydrogen (secondary N) is 1. The maximum Gasteiger partial charge on any atom is 0.243 e. The Bertz CT molecular complexity index is 472. The molecule has 0 saturated heterocycles. The van der Waals surface area contributed by atoms with Crippen LogP contribution in [0, 0.1) is 18.8 Å². The molecule has 1 aliphatic carbocycles. The third-order valence-corrected chi connectivity index (χ3v) is 4.43. The number of primary amides is 1. The smallest absolute Gasteiger partial charge is 0.243 e. The van der Waals surface area contributed by atoms with Crippen LogP contribution < -0.4 is 11.1 Å². The van der Waals surface area contributed by atoms with Crippen molar-refractivity contribution in [2.75, 3.05) is 5.32 Å². The minimum absolute atomic E-state index is 0.229. The third-order valence-electron chi connectivity index (χ3n) is 4.43. The maximum atomic E-state index is 12.1. The first-order chi connectivity index (χ1) is 8.94. The lowest BCUT2D eigenvalue weighted by molar-refractivity contribution is -0.125. The van der Waals surface area contributed by atoms with Crippen LogP contribution in [0.2, 0.25) is 0 Å². The molecule has 0 bridgehead atoms. The molecule has 19 heavy (non-hydrogen) atoms. The summed E-state index contributed by atoms with van der Waals surface area (Å²) in [5.41, 5.74) is 7.30. The number of hydrogen-bond donors (Lipinski definition) is 2. The summed E-state index contributed by atoms with van der Waals surface area (Å²) in [5.74, 6) is 0.566. The van der Waals surface area contributed by atoms with Gasteiger partial charge in [-0.25, -0.2) is 0 Å². The lowest BCUT2D eigenvalue weighted by Crippen LogP contribution is -2.57. The van der Waals surface area contributed by atoms with Gasteiger partial charge < -0.3 is 11.1 Å². The fourth-order valence-corrected chi connectivity index (χ4v) is 3.19. The van der Waals surface area contributed by atoms with Crippen molar-refractivity contribution in [3.63, 3.8) is 0 Å². The Hall–Kier alpha value is -1.51. The molecule has 1 amide bonds. The zero-order valence-electron chi connectivity index (χ0n) is 12.1. The molecule has 1 fully saturated rings. The number of anilines is 1. The molecule has 2 rings (SSSR count). The van der Waals surface area contributed by atoms with Gasteiger partial charge in [0.1, 0.15) is 5.54 Å². The van der Waals surface area contributed by atoms with Gasteiger partial charge in [-0.3, -0.25) is 4.79 Å². The van der Waals surface area contributed by atoms with Gasteiger partial charge in [0.2, 0.25) is 5.91 Å². The zero-order chi connectivity index (χ0) is 14.0. The van der Waals surface area contributed by atoms with Crippen LogP contribution >= 0.6 is 0 Å². The van der Waals surface area contributed by atoms with Crippen LogP contribution in [-0.4, -0.2) is 11.4 Å². The van der Waals surface area contributed by atoms with Gasteiger partial charge in [0, 0.05) is 5.69 Å². The molecule has 0 spiro atoms. The molecule has 1 aromatic carbocycles. The highest BCUT2D eigenvalue weighted by Crippen LogP contribution is 2.39. The van der Waals surface area contributed by atoms with Gasteiger partial charge in [-0.15, -0.1) is 0 Å². The van der Waals surface area contributed by atoms with Crippen molar-refractivity contribution in [1.29, 1.82) is 0 Å². The van der Waals surface area contributed by atoms with E-state index in [0.29, 0.717) is 5.92 Å². The van der Waals surface area contributed by atoms with E-state index in [4.69, 9.17) is 5.73 Å². The van der Waals surface area contributed by atoms with Crippen LogP contribution in [0.15, 0.2) is 24.3 Å². The summed E-state index contributed by atoms with van der Waals surface area (Å²) in [6, 6.07) is 8.12. The lowest BCUT2D eigenvalue weighted by Gasteiger charge is -2.43. The minimum atomic E-state index is -0.606. The molecule has 104 valence electrons. The number of amides is 1. The van der Waals surface area contributed by atoms with Crippen molar-refractivity contribution in [1.82, 2.24) is 0 Å². The summed E-state index contributed by atoms with van der Waals surface area (Å²) in [7, 11) is 0. The van der Waals surface area contributed by atoms with Gasteiger partial charge in [0.15, 0.2) is 0 Å². The zero-order valence-corrected chi connectivity index (χ0v) is 12.1. The molecular formula is C16H24N2O. The summed E-state index contributed by atoms with van der Waals surface area (Å²) in [6.07, 6.45) is 3.03. The van der Waals surface area contributed by atoms with Crippen LogP contribution in [0.25, 0.3) is 0 Å². The molecule has 0 radical (unpaired) electrons. The van der Waals surface area contributed by atoms with E-state index in [1.807, 2.05) is 12.1 Å². The summed E-state index contributed by atoms with van der Waals surface area (Å²) < 4.78 is 0. The molecule has 3 atom stereocenters. The number of hydrogen-bond acceptors (Lipinski definition) is 2. The predicted molar refractivity (Wildman–Crippen MR) is 78.9 cm³/mol. The maximum absolute atomic E-state index is 12.1. The second kappa shape index (κ2) is 5.24. The highest BCUT2D eigenvalue weighted by Gasteiger charge is 2.45. The standard InChI is InChI=1S/C16H24N2O/c1-11-5-4-6-14(9-11)18-16(15(17)19)10-12(2)7-8-13(16)3/h4-6,9,12-13,18H,7-8,10H2,1-3H3,(H2,17,19). The van der Waals surface area contributed by atoms with Crippen molar-refractivity contribution in [3.05, 3.63) is 29.8 Å². The molecule has 0 heterocycles. The first kappa shape index (κ1) is 13.9. The van der Waals surface area contributed by atoms with Crippen molar-refractivity contribution in [2.45, 2.75) is 45.6 Å². The molecule has 0 aromatic heterocycles. The van der Waals surface area contributed by atoms with Gasteiger partial charge in [0.25, 0.3) is 0 Å². The van der Waals surface area contributed by atoms with Gasteiger partial charge in [0.05, 0.1) is 0 Å². The Morgan fingerprint density at radius 3 is 2.74 bits per heavy atom. The molecular weight excluding hydrogens is 236 g/mol. The van der Waals surface area contributed by atoms with Crippen molar-refractivity contribution in [2.24, 2.45) is 17.6 Å². The van der Waals surface area contributed by atoms with Crippen LogP contribution in [0.3, 0.4) is 0 Å². The number of rotatable bonds is 3. The van der Waals surface area contributed by atoms with E-state index in [1.54, 1.807) is 0 Å². The molecule has 0 aliphatic heterocycles. The van der Waals surface area contributed by atoms with E-state index in [9.17, 15) is 4.79 Å². The van der Waals surface area contributed by atoms with Crippen LogP contribution in [-0.2, 0) is 4.79 Å². The first-order valence-electron chi connectivity index (χ1n) is 7.09. The van der Waals surface area contributed by atoms with E-state index in [-0.39, 0.29) is 11.8 Å². The Kier molecular flexibility index (Phi) is 3.83. The third kappa shape index (κ3) is 2.75. The first-order valence-corrected chi connectivity index (χ1v) is 7.09. The Labute approximate surface area is 115 Å². The SMILES string of the molecule is Cc1cccc(NC2(C(N)=O)CC(C)CCC2C)c1. The number of carbonyl (C=O) groups excluding carboxylic acids is 1. The van der Waals surface area contributed by atoms with Crippen molar-refractivity contribution < 1.29 is 4.79 Å². The quantitative estimate of drug-likeness (QED) is 0.877. The largest absolute Gasteiger partial charge is 0.371 e. The van der Waals surface area contributed by atoms with Crippen LogP contribution in [0.1, 0.15) is 38.7 Å². The van der Waals surface area contributed by atoms with E-state index in [1.165, 1.54) is 12.0 Å². The van der Waals surface area contributed by atoms with Crippen molar-refractivity contribution >= 4 is 11.6 Å². The molecule has 3 unspecified atom stereocenters. The fourth-order valence-electron chi connectivity index (χ4n) is 3.19. The Balaban J connectivity index is 2.31. The van der Waals surface area contributed by atoms with E-state index >= 15 is 0 Å². The normalized spacial score (nSPS) is 30.9. The molecule has 1 aromatic rings. The molecule has 3 N–H and O–H groups in total. The van der Waals surface area contributed by atoms with Crippen LogP contribution in [0.5, 0.6) is 0 Å². The topological polar surface area (TPSA) is 55.1 Å². The highest BCUT2D eigenvalue weighted by molar-refractivity contribution is 5.88. The predicted octanol–water partition coefficient (Wildman–Crippen LogP) is 3.09. The molecule has 3 heteroatoms. The second-order valence-electron chi connectivity index (χ2n) is 6.12. The monoisotopic (exact) mass is 260 g/mol. The van der Waals surface area contributed by atoms with Gasteiger partial charge in [-0.1, -0.05) is 32.4 Å². The minimum Gasteiger partial charge on any atom is -0.371 e. The summed E-state index contributed by atoms with van der Waals surface area (Å²) in [4.78, 5) is 12.1. The van der Waals surface area contributed by atoms with E-state index < -0.39 is 5.54 Å². The summed E-state index contributed by atoms with van der Waals surface area (Å²) >= 11 is 0. The number of carbonyl (C=O) groups is 1. The van der Waals surface area contributed by atoms with Gasteiger partial charge in [-0.05, 0) is 49.3 Å². The molecule has 3 nitrogen and oxygen atoms in total. The number of aryl methyl sites for hydroxylation is 1. The average molecular weight is 260 g/mol. The summed E-state index contributed by atoms with van der Waals surface area (Å²) in [5, 5.41) is 3.44. The van der Waals surface area contributed by atoms with Crippen LogP contribution in [0.4, 0.5) is 5.69 Å².